The molecule has 0 saturated carbocycles. The van der Waals surface area contributed by atoms with Gasteiger partial charge in [0.1, 0.15) is 0 Å². The maximum Gasteiger partial charge on any atom is 0.0593 e. The van der Waals surface area contributed by atoms with Gasteiger partial charge in [0.25, 0.3) is 0 Å². The summed E-state index contributed by atoms with van der Waals surface area (Å²) >= 11 is 16.0. The van der Waals surface area contributed by atoms with Crippen molar-refractivity contribution in [2.75, 3.05) is 0 Å². The monoisotopic (exact) mass is 339 g/mol. The summed E-state index contributed by atoms with van der Waals surface area (Å²) in [5, 5.41) is 0. The highest BCUT2D eigenvalue weighted by molar-refractivity contribution is 7.90. The highest BCUT2D eigenvalue weighted by Gasteiger charge is 2.19. The summed E-state index contributed by atoms with van der Waals surface area (Å²) in [5.74, 6) is 0.474. The zero-order valence-electron chi connectivity index (χ0n) is 13.3. The molecule has 0 nitrogen and oxygen atoms in total. The van der Waals surface area contributed by atoms with Crippen LogP contribution in [0.5, 0.6) is 0 Å². The van der Waals surface area contributed by atoms with Crippen molar-refractivity contribution in [2.45, 2.75) is 71.6 Å². The highest BCUT2D eigenvalue weighted by Crippen LogP contribution is 2.27. The zero-order valence-corrected chi connectivity index (χ0v) is 15.8. The zero-order chi connectivity index (χ0) is 15.7. The van der Waals surface area contributed by atoms with Crippen molar-refractivity contribution >= 4 is 46.8 Å². The lowest BCUT2D eigenvalue weighted by Gasteiger charge is -2.19. The molecule has 21 heavy (non-hydrogen) atoms. The minimum Gasteiger partial charge on any atom is -0.0800 e. The van der Waals surface area contributed by atoms with Gasteiger partial charge in [-0.1, -0.05) is 102 Å². The summed E-state index contributed by atoms with van der Waals surface area (Å²) < 4.78 is 0. The van der Waals surface area contributed by atoms with E-state index >= 15 is 0 Å². The fourth-order valence-electron chi connectivity index (χ4n) is 2.70. The van der Waals surface area contributed by atoms with Crippen molar-refractivity contribution in [3.8, 4) is 0 Å². The lowest BCUT2D eigenvalue weighted by atomic mass is 9.89. The van der Waals surface area contributed by atoms with Crippen molar-refractivity contribution in [2.24, 2.45) is 5.92 Å². The Morgan fingerprint density at radius 1 is 0.905 bits per heavy atom. The minimum absolute atomic E-state index is 0.474. The largest absolute Gasteiger partial charge is 0.0800 e. The predicted octanol–water partition coefficient (Wildman–Crippen LogP) is 6.91. The van der Waals surface area contributed by atoms with Gasteiger partial charge >= 0.3 is 0 Å². The SMILES string of the molecule is CCCCCCCCCCC(C)C1=CC(=S)C=C([S])C1=S. The fourth-order valence-corrected chi connectivity index (χ4v) is 3.59. The van der Waals surface area contributed by atoms with Crippen molar-refractivity contribution in [3.05, 3.63) is 22.6 Å². The average molecular weight is 340 g/mol. The lowest BCUT2D eigenvalue weighted by molar-refractivity contribution is 0.528. The van der Waals surface area contributed by atoms with Crippen LogP contribution in [0.3, 0.4) is 0 Å². The van der Waals surface area contributed by atoms with Crippen molar-refractivity contribution in [3.63, 3.8) is 0 Å². The Labute approximate surface area is 146 Å². The van der Waals surface area contributed by atoms with Crippen molar-refractivity contribution in [1.29, 1.82) is 0 Å². The Morgan fingerprint density at radius 2 is 1.48 bits per heavy atom. The Kier molecular flexibility index (Phi) is 9.54. The normalized spacial score (nSPS) is 16.7. The van der Waals surface area contributed by atoms with E-state index in [2.05, 4.69) is 13.8 Å². The number of thiocarbonyl (C=S) groups is 2. The average Bonchev–Trinajstić information content (AvgIpc) is 2.45. The molecule has 1 aliphatic carbocycles. The molecule has 1 aliphatic rings. The molecular formula is C18H27S3. The molecule has 0 aromatic rings. The van der Waals surface area contributed by atoms with Gasteiger partial charge in [-0.2, -0.15) is 0 Å². The van der Waals surface area contributed by atoms with Gasteiger partial charge in [-0.15, -0.1) is 0 Å². The quantitative estimate of drug-likeness (QED) is 0.313. The molecule has 3 heteroatoms. The van der Waals surface area contributed by atoms with Crippen LogP contribution >= 0.6 is 37.1 Å². The van der Waals surface area contributed by atoms with E-state index in [1.54, 1.807) is 0 Å². The van der Waals surface area contributed by atoms with Crippen LogP contribution in [0.1, 0.15) is 71.6 Å². The molecule has 1 unspecified atom stereocenters. The number of hydrogen-bond acceptors (Lipinski definition) is 2. The Hall–Kier alpha value is -0.120. The third kappa shape index (κ3) is 7.12. The van der Waals surface area contributed by atoms with Crippen LogP contribution in [0, 0.1) is 5.92 Å². The molecule has 1 atom stereocenters. The smallest absolute Gasteiger partial charge is 0.0593 e. The van der Waals surface area contributed by atoms with Crippen LogP contribution in [0.4, 0.5) is 0 Å². The van der Waals surface area contributed by atoms with Crippen LogP contribution in [-0.4, -0.2) is 9.73 Å². The summed E-state index contributed by atoms with van der Waals surface area (Å²) in [6.45, 7) is 4.51. The molecular weight excluding hydrogens is 312 g/mol. The van der Waals surface area contributed by atoms with Gasteiger partial charge in [-0.05, 0) is 30.1 Å². The molecule has 117 valence electrons. The van der Waals surface area contributed by atoms with Gasteiger partial charge in [0.05, 0.1) is 9.77 Å². The van der Waals surface area contributed by atoms with Crippen molar-refractivity contribution in [1.82, 2.24) is 0 Å². The maximum atomic E-state index is 5.44. The molecule has 0 saturated heterocycles. The molecule has 0 fully saturated rings. The number of rotatable bonds is 10. The van der Waals surface area contributed by atoms with E-state index in [1.165, 1.54) is 63.4 Å². The van der Waals surface area contributed by atoms with E-state index < -0.39 is 0 Å². The van der Waals surface area contributed by atoms with E-state index in [0.717, 1.165) is 14.6 Å². The second kappa shape index (κ2) is 10.6. The first-order chi connectivity index (χ1) is 10.1. The summed E-state index contributed by atoms with van der Waals surface area (Å²) in [4.78, 5) is 2.41. The molecule has 0 amide bonds. The van der Waals surface area contributed by atoms with Gasteiger partial charge in [0.15, 0.2) is 0 Å². The first-order valence-electron chi connectivity index (χ1n) is 8.25. The number of unbranched alkanes of at least 4 members (excludes halogenated alkanes) is 7. The Bertz CT molecular complexity index is 418. The van der Waals surface area contributed by atoms with Gasteiger partial charge in [-0.3, -0.25) is 0 Å². The molecule has 0 aliphatic heterocycles. The van der Waals surface area contributed by atoms with E-state index in [1.807, 2.05) is 12.2 Å². The lowest BCUT2D eigenvalue weighted by Crippen LogP contribution is -2.15. The van der Waals surface area contributed by atoms with Crippen LogP contribution in [0.25, 0.3) is 0 Å². The maximum absolute atomic E-state index is 5.44. The first kappa shape index (κ1) is 18.9. The topological polar surface area (TPSA) is 0 Å². The standard InChI is InChI=1S/C18H27S3/c1-3-4-5-6-7-8-9-10-11-14(2)16-12-15(19)13-17(20)18(16)21/h12-14H,3-11H2,1-2H3. The fraction of sp³-hybridized carbons (Fsp3) is 0.667. The molecule has 0 bridgehead atoms. The van der Waals surface area contributed by atoms with E-state index in [0.29, 0.717) is 5.92 Å². The van der Waals surface area contributed by atoms with Gasteiger partial charge < -0.3 is 0 Å². The van der Waals surface area contributed by atoms with Crippen molar-refractivity contribution < 1.29 is 0 Å². The van der Waals surface area contributed by atoms with Crippen LogP contribution in [0.2, 0.25) is 0 Å². The molecule has 1 radical (unpaired) electrons. The summed E-state index contributed by atoms with van der Waals surface area (Å²) in [6, 6.07) is 0. The first-order valence-corrected chi connectivity index (χ1v) is 9.47. The second-order valence-corrected chi connectivity index (χ2v) is 7.32. The summed E-state index contributed by atoms with van der Waals surface area (Å²) in [7, 11) is 0. The van der Waals surface area contributed by atoms with Gasteiger partial charge in [0.2, 0.25) is 0 Å². The third-order valence-corrected chi connectivity index (χ3v) is 5.22. The molecule has 0 spiro atoms. The molecule has 0 heterocycles. The van der Waals surface area contributed by atoms with Crippen LogP contribution in [0.15, 0.2) is 22.6 Å². The van der Waals surface area contributed by atoms with Crippen LogP contribution in [-0.2, 0) is 0 Å². The second-order valence-electron chi connectivity index (χ2n) is 6.00. The Morgan fingerprint density at radius 3 is 2.10 bits per heavy atom. The third-order valence-electron chi connectivity index (χ3n) is 4.08. The number of allylic oxidation sites excluding steroid dienone is 4. The Balaban J connectivity index is 2.21. The molecule has 0 N–H and O–H groups in total. The van der Waals surface area contributed by atoms with E-state index in [-0.39, 0.29) is 0 Å². The van der Waals surface area contributed by atoms with E-state index in [4.69, 9.17) is 37.1 Å². The van der Waals surface area contributed by atoms with Gasteiger partial charge in [-0.25, -0.2) is 0 Å². The summed E-state index contributed by atoms with van der Waals surface area (Å²) in [6.07, 6.45) is 15.9. The van der Waals surface area contributed by atoms with Crippen LogP contribution < -0.4 is 0 Å². The summed E-state index contributed by atoms with van der Waals surface area (Å²) in [5.41, 5.74) is 1.19. The minimum atomic E-state index is 0.474. The molecule has 1 rings (SSSR count). The predicted molar refractivity (Wildman–Crippen MR) is 105 cm³/mol. The molecule has 0 aromatic carbocycles. The van der Waals surface area contributed by atoms with Gasteiger partial charge in [0, 0.05) is 4.86 Å². The number of hydrogen-bond donors (Lipinski definition) is 0. The highest BCUT2D eigenvalue weighted by atomic mass is 32.1. The molecule has 0 aromatic heterocycles. The van der Waals surface area contributed by atoms with E-state index in [9.17, 15) is 0 Å².